The molecule has 1 amide bonds. The lowest BCUT2D eigenvalue weighted by Crippen LogP contribution is -2.32. The van der Waals surface area contributed by atoms with Gasteiger partial charge in [0.25, 0.3) is 11.6 Å². The van der Waals surface area contributed by atoms with Gasteiger partial charge in [0.2, 0.25) is 0 Å². The Bertz CT molecular complexity index is 738. The third-order valence-electron chi connectivity index (χ3n) is 3.45. The standard InChI is InChI=1S/C16H14F2N2O3/c1-10-4-3-5-11(2)14(10)19-15(21)16(17,18)12-6-8-13(9-7-12)20(22)23/h3-9H,1-2H3,(H,19,21). The number of para-hydroxylation sites is 1. The number of nitro benzene ring substituents is 1. The van der Waals surface area contributed by atoms with E-state index >= 15 is 0 Å². The van der Waals surface area contributed by atoms with Gasteiger partial charge in [-0.25, -0.2) is 0 Å². The highest BCUT2D eigenvalue weighted by Gasteiger charge is 2.41. The van der Waals surface area contributed by atoms with Crippen molar-refractivity contribution in [1.29, 1.82) is 0 Å². The number of nitro groups is 1. The highest BCUT2D eigenvalue weighted by molar-refractivity contribution is 5.97. The smallest absolute Gasteiger partial charge is 0.320 e. The Morgan fingerprint density at radius 2 is 1.61 bits per heavy atom. The highest BCUT2D eigenvalue weighted by Crippen LogP contribution is 2.32. The van der Waals surface area contributed by atoms with Crippen molar-refractivity contribution in [3.63, 3.8) is 0 Å². The van der Waals surface area contributed by atoms with E-state index in [1.54, 1.807) is 32.0 Å². The highest BCUT2D eigenvalue weighted by atomic mass is 19.3. The van der Waals surface area contributed by atoms with Gasteiger partial charge in [-0.15, -0.1) is 0 Å². The predicted molar refractivity (Wildman–Crippen MR) is 81.5 cm³/mol. The molecule has 2 rings (SSSR count). The summed E-state index contributed by atoms with van der Waals surface area (Å²) in [5, 5.41) is 12.8. The molecule has 0 aliphatic carbocycles. The molecule has 5 nitrogen and oxygen atoms in total. The third kappa shape index (κ3) is 3.33. The Hall–Kier alpha value is -2.83. The number of carbonyl (C=O) groups excluding carboxylic acids is 1. The molecule has 7 heteroatoms. The predicted octanol–water partition coefficient (Wildman–Crippen LogP) is 3.94. The van der Waals surface area contributed by atoms with Crippen LogP contribution in [-0.4, -0.2) is 10.8 Å². The molecule has 2 aromatic carbocycles. The second kappa shape index (κ2) is 6.12. The SMILES string of the molecule is Cc1cccc(C)c1NC(=O)C(F)(F)c1ccc([N+](=O)[O-])cc1. The number of nitrogens with one attached hydrogen (secondary N) is 1. The Labute approximate surface area is 131 Å². The van der Waals surface area contributed by atoms with E-state index in [0.29, 0.717) is 16.8 Å². The van der Waals surface area contributed by atoms with E-state index in [-0.39, 0.29) is 5.69 Å². The second-order valence-electron chi connectivity index (χ2n) is 5.10. The van der Waals surface area contributed by atoms with Crippen LogP contribution in [0.3, 0.4) is 0 Å². The number of non-ortho nitro benzene ring substituents is 1. The number of amides is 1. The molecule has 0 radical (unpaired) electrons. The summed E-state index contributed by atoms with van der Waals surface area (Å²) in [5.74, 6) is -5.28. The molecule has 0 fully saturated rings. The molecule has 23 heavy (non-hydrogen) atoms. The Morgan fingerprint density at radius 1 is 1.09 bits per heavy atom. The first kappa shape index (κ1) is 16.5. The first-order valence-corrected chi connectivity index (χ1v) is 6.74. The molecule has 120 valence electrons. The largest absolute Gasteiger partial charge is 0.350 e. The molecule has 0 bridgehead atoms. The van der Waals surface area contributed by atoms with Crippen LogP contribution in [0.4, 0.5) is 20.2 Å². The number of hydrogen-bond donors (Lipinski definition) is 1. The van der Waals surface area contributed by atoms with Crippen molar-refractivity contribution < 1.29 is 18.5 Å². The fourth-order valence-electron chi connectivity index (χ4n) is 2.13. The van der Waals surface area contributed by atoms with Crippen LogP contribution < -0.4 is 5.32 Å². The normalized spacial score (nSPS) is 11.1. The van der Waals surface area contributed by atoms with Crippen molar-refractivity contribution >= 4 is 17.3 Å². The molecule has 0 aliphatic heterocycles. The molecule has 0 aromatic heterocycles. The number of anilines is 1. The molecular weight excluding hydrogens is 306 g/mol. The van der Waals surface area contributed by atoms with E-state index < -0.39 is 22.3 Å². The van der Waals surface area contributed by atoms with Crippen molar-refractivity contribution in [1.82, 2.24) is 0 Å². The lowest BCUT2D eigenvalue weighted by atomic mass is 10.1. The monoisotopic (exact) mass is 320 g/mol. The van der Waals surface area contributed by atoms with Crippen molar-refractivity contribution in [2.45, 2.75) is 19.8 Å². The minimum absolute atomic E-state index is 0.320. The van der Waals surface area contributed by atoms with Gasteiger partial charge in [-0.3, -0.25) is 14.9 Å². The summed E-state index contributed by atoms with van der Waals surface area (Å²) < 4.78 is 28.5. The number of alkyl halides is 2. The van der Waals surface area contributed by atoms with Gasteiger partial charge < -0.3 is 5.32 Å². The van der Waals surface area contributed by atoms with Crippen LogP contribution in [0, 0.1) is 24.0 Å². The number of aryl methyl sites for hydroxylation is 2. The van der Waals surface area contributed by atoms with Crippen LogP contribution in [0.15, 0.2) is 42.5 Å². The summed E-state index contributed by atoms with van der Waals surface area (Å²) in [5.41, 5.74) is 0.737. The van der Waals surface area contributed by atoms with E-state index in [4.69, 9.17) is 0 Å². The van der Waals surface area contributed by atoms with Gasteiger partial charge in [0.15, 0.2) is 0 Å². The van der Waals surface area contributed by atoms with Gasteiger partial charge in [0, 0.05) is 23.4 Å². The van der Waals surface area contributed by atoms with Crippen molar-refractivity contribution in [3.05, 3.63) is 69.3 Å². The van der Waals surface area contributed by atoms with E-state index in [1.807, 2.05) is 0 Å². The average molecular weight is 320 g/mol. The quantitative estimate of drug-likeness (QED) is 0.685. The molecule has 0 atom stereocenters. The van der Waals surface area contributed by atoms with Crippen LogP contribution in [0.5, 0.6) is 0 Å². The molecule has 0 saturated heterocycles. The van der Waals surface area contributed by atoms with E-state index in [9.17, 15) is 23.7 Å². The minimum atomic E-state index is -3.80. The summed E-state index contributed by atoms with van der Waals surface area (Å²) in [7, 11) is 0. The molecule has 0 aliphatic rings. The number of nitrogens with zero attached hydrogens (tertiary/aromatic N) is 1. The fraction of sp³-hybridized carbons (Fsp3) is 0.188. The molecule has 0 saturated carbocycles. The number of hydrogen-bond acceptors (Lipinski definition) is 3. The first-order valence-electron chi connectivity index (χ1n) is 6.74. The van der Waals surface area contributed by atoms with Crippen LogP contribution in [0.2, 0.25) is 0 Å². The molecule has 0 unspecified atom stereocenters. The Morgan fingerprint density at radius 3 is 2.09 bits per heavy atom. The average Bonchev–Trinajstić information content (AvgIpc) is 2.50. The molecule has 0 spiro atoms. The number of carbonyl (C=O) groups is 1. The van der Waals surface area contributed by atoms with Crippen LogP contribution >= 0.6 is 0 Å². The summed E-state index contributed by atoms with van der Waals surface area (Å²) in [6, 6.07) is 8.80. The third-order valence-corrected chi connectivity index (χ3v) is 3.45. The zero-order valence-electron chi connectivity index (χ0n) is 12.5. The fourth-order valence-corrected chi connectivity index (χ4v) is 2.13. The van der Waals surface area contributed by atoms with Gasteiger partial charge in [0.05, 0.1) is 4.92 Å². The molecule has 2 aromatic rings. The van der Waals surface area contributed by atoms with Gasteiger partial charge in [-0.05, 0) is 37.1 Å². The van der Waals surface area contributed by atoms with Crippen molar-refractivity contribution in [2.75, 3.05) is 5.32 Å². The number of rotatable bonds is 4. The summed E-state index contributed by atoms with van der Waals surface area (Å²) in [6.45, 7) is 3.40. The second-order valence-corrected chi connectivity index (χ2v) is 5.10. The molecule has 1 N–H and O–H groups in total. The van der Waals surface area contributed by atoms with E-state index in [2.05, 4.69) is 5.32 Å². The Kier molecular flexibility index (Phi) is 4.40. The molecule has 0 heterocycles. The van der Waals surface area contributed by atoms with E-state index in [0.717, 1.165) is 24.3 Å². The summed E-state index contributed by atoms with van der Waals surface area (Å²) >= 11 is 0. The number of benzene rings is 2. The van der Waals surface area contributed by atoms with Crippen LogP contribution in [-0.2, 0) is 10.7 Å². The van der Waals surface area contributed by atoms with E-state index in [1.165, 1.54) is 0 Å². The summed E-state index contributed by atoms with van der Waals surface area (Å²) in [6.07, 6.45) is 0. The summed E-state index contributed by atoms with van der Waals surface area (Å²) in [4.78, 5) is 21.8. The first-order chi connectivity index (χ1) is 10.7. The zero-order valence-corrected chi connectivity index (χ0v) is 12.5. The minimum Gasteiger partial charge on any atom is -0.320 e. The maximum atomic E-state index is 14.2. The van der Waals surface area contributed by atoms with Gasteiger partial charge >= 0.3 is 5.92 Å². The maximum Gasteiger partial charge on any atom is 0.350 e. The zero-order chi connectivity index (χ0) is 17.2. The van der Waals surface area contributed by atoms with Gasteiger partial charge in [-0.1, -0.05) is 18.2 Å². The number of halogens is 2. The van der Waals surface area contributed by atoms with Crippen molar-refractivity contribution in [2.24, 2.45) is 0 Å². The van der Waals surface area contributed by atoms with Crippen molar-refractivity contribution in [3.8, 4) is 0 Å². The molecular formula is C16H14F2N2O3. The van der Waals surface area contributed by atoms with Crippen LogP contribution in [0.25, 0.3) is 0 Å². The lowest BCUT2D eigenvalue weighted by Gasteiger charge is -2.18. The van der Waals surface area contributed by atoms with Crippen LogP contribution in [0.1, 0.15) is 16.7 Å². The topological polar surface area (TPSA) is 72.2 Å². The maximum absolute atomic E-state index is 14.2. The Balaban J connectivity index is 2.28. The lowest BCUT2D eigenvalue weighted by molar-refractivity contribution is -0.384. The van der Waals surface area contributed by atoms with Gasteiger partial charge in [0.1, 0.15) is 0 Å². The van der Waals surface area contributed by atoms with Gasteiger partial charge in [-0.2, -0.15) is 8.78 Å².